The van der Waals surface area contributed by atoms with Crippen molar-refractivity contribution in [2.75, 3.05) is 39.3 Å². The zero-order valence-corrected chi connectivity index (χ0v) is 11.3. The van der Waals surface area contributed by atoms with E-state index in [9.17, 15) is 4.79 Å². The average molecular weight is 254 g/mol. The van der Waals surface area contributed by atoms with Crippen LogP contribution in [0.5, 0.6) is 0 Å². The number of aliphatic hydroxyl groups excluding tert-OH is 1. The first-order valence-electron chi connectivity index (χ1n) is 7.40. The van der Waals surface area contributed by atoms with Crippen LogP contribution >= 0.6 is 0 Å². The van der Waals surface area contributed by atoms with Crippen LogP contribution in [0, 0.1) is 5.92 Å². The zero-order chi connectivity index (χ0) is 12.8. The topological polar surface area (TPSA) is 43.8 Å². The average Bonchev–Trinajstić information content (AvgIpc) is 2.68. The molecule has 0 aromatic carbocycles. The normalized spacial score (nSPS) is 23.9. The largest absolute Gasteiger partial charge is 0.396 e. The number of hydrogen-bond acceptors (Lipinski definition) is 3. The molecule has 4 nitrogen and oxygen atoms in total. The van der Waals surface area contributed by atoms with Crippen LogP contribution in [0.25, 0.3) is 0 Å². The van der Waals surface area contributed by atoms with Crippen LogP contribution in [-0.4, -0.2) is 60.1 Å². The minimum Gasteiger partial charge on any atom is -0.396 e. The highest BCUT2D eigenvalue weighted by molar-refractivity contribution is 5.78. The molecule has 0 aromatic heterocycles. The molecule has 0 atom stereocenters. The van der Waals surface area contributed by atoms with Gasteiger partial charge >= 0.3 is 0 Å². The van der Waals surface area contributed by atoms with E-state index in [0.717, 1.165) is 39.0 Å². The molecule has 2 saturated heterocycles. The first kappa shape index (κ1) is 13.8. The fourth-order valence-electron chi connectivity index (χ4n) is 2.94. The van der Waals surface area contributed by atoms with Gasteiger partial charge in [-0.15, -0.1) is 0 Å². The molecule has 0 aliphatic carbocycles. The number of rotatable bonds is 3. The quantitative estimate of drug-likeness (QED) is 0.820. The van der Waals surface area contributed by atoms with Gasteiger partial charge in [-0.1, -0.05) is 12.8 Å². The Morgan fingerprint density at radius 3 is 2.17 bits per heavy atom. The molecule has 0 spiro atoms. The Bertz CT molecular complexity index is 255. The molecule has 2 aliphatic heterocycles. The van der Waals surface area contributed by atoms with Crippen molar-refractivity contribution < 1.29 is 9.90 Å². The molecule has 1 N–H and O–H groups in total. The molecule has 2 fully saturated rings. The second kappa shape index (κ2) is 7.10. The maximum Gasteiger partial charge on any atom is 0.236 e. The molecule has 0 bridgehead atoms. The number of amides is 1. The highest BCUT2D eigenvalue weighted by Crippen LogP contribution is 2.17. The first-order chi connectivity index (χ1) is 8.79. The summed E-state index contributed by atoms with van der Waals surface area (Å²) in [5, 5.41) is 9.10. The van der Waals surface area contributed by atoms with Crippen molar-refractivity contribution in [3.05, 3.63) is 0 Å². The van der Waals surface area contributed by atoms with Crippen LogP contribution in [0.4, 0.5) is 0 Å². The van der Waals surface area contributed by atoms with Gasteiger partial charge in [-0.2, -0.15) is 0 Å². The molecule has 1 amide bonds. The molecule has 0 saturated carbocycles. The van der Waals surface area contributed by atoms with E-state index in [1.807, 2.05) is 4.90 Å². The third kappa shape index (κ3) is 3.95. The highest BCUT2D eigenvalue weighted by Gasteiger charge is 2.22. The third-order valence-corrected chi connectivity index (χ3v) is 4.28. The molecule has 0 aromatic rings. The summed E-state index contributed by atoms with van der Waals surface area (Å²) < 4.78 is 0. The zero-order valence-electron chi connectivity index (χ0n) is 11.3. The van der Waals surface area contributed by atoms with Gasteiger partial charge in [0.2, 0.25) is 5.91 Å². The van der Waals surface area contributed by atoms with Crippen molar-refractivity contribution in [2.24, 2.45) is 5.92 Å². The van der Waals surface area contributed by atoms with Gasteiger partial charge in [0.1, 0.15) is 0 Å². The van der Waals surface area contributed by atoms with Crippen LogP contribution < -0.4 is 0 Å². The van der Waals surface area contributed by atoms with Crippen molar-refractivity contribution in [2.45, 2.75) is 38.5 Å². The highest BCUT2D eigenvalue weighted by atomic mass is 16.3. The van der Waals surface area contributed by atoms with E-state index < -0.39 is 0 Å². The lowest BCUT2D eigenvalue weighted by Crippen LogP contribution is -2.44. The molecular formula is C14H26N2O2. The SMILES string of the molecule is O=C(CN1CCC(CO)CC1)N1CCCCCC1. The van der Waals surface area contributed by atoms with Crippen LogP contribution in [0.3, 0.4) is 0 Å². The van der Waals surface area contributed by atoms with E-state index in [-0.39, 0.29) is 0 Å². The van der Waals surface area contributed by atoms with Gasteiger partial charge in [0.15, 0.2) is 0 Å². The first-order valence-corrected chi connectivity index (χ1v) is 7.40. The van der Waals surface area contributed by atoms with Crippen LogP contribution in [0.15, 0.2) is 0 Å². The summed E-state index contributed by atoms with van der Waals surface area (Å²) in [5.41, 5.74) is 0. The number of aliphatic hydroxyl groups is 1. The molecule has 2 rings (SSSR count). The summed E-state index contributed by atoms with van der Waals surface area (Å²) in [6, 6.07) is 0. The number of carbonyl (C=O) groups excluding carboxylic acids is 1. The van der Waals surface area contributed by atoms with E-state index in [0.29, 0.717) is 25.0 Å². The van der Waals surface area contributed by atoms with Gasteiger partial charge in [0, 0.05) is 19.7 Å². The van der Waals surface area contributed by atoms with Crippen molar-refractivity contribution in [1.29, 1.82) is 0 Å². The third-order valence-electron chi connectivity index (χ3n) is 4.28. The van der Waals surface area contributed by atoms with Crippen molar-refractivity contribution in [1.82, 2.24) is 9.80 Å². The fraction of sp³-hybridized carbons (Fsp3) is 0.929. The molecule has 0 radical (unpaired) electrons. The van der Waals surface area contributed by atoms with E-state index in [1.165, 1.54) is 25.7 Å². The van der Waals surface area contributed by atoms with E-state index in [4.69, 9.17) is 5.11 Å². The van der Waals surface area contributed by atoms with E-state index in [2.05, 4.69) is 4.90 Å². The van der Waals surface area contributed by atoms with Crippen LogP contribution in [-0.2, 0) is 4.79 Å². The van der Waals surface area contributed by atoms with Gasteiger partial charge in [-0.05, 0) is 44.7 Å². The van der Waals surface area contributed by atoms with E-state index in [1.54, 1.807) is 0 Å². The molecule has 2 heterocycles. The molecule has 18 heavy (non-hydrogen) atoms. The Balaban J connectivity index is 1.73. The van der Waals surface area contributed by atoms with Crippen molar-refractivity contribution in [3.8, 4) is 0 Å². The second-order valence-electron chi connectivity index (χ2n) is 5.70. The molecule has 2 aliphatic rings. The van der Waals surface area contributed by atoms with Crippen molar-refractivity contribution >= 4 is 5.91 Å². The summed E-state index contributed by atoms with van der Waals surface area (Å²) >= 11 is 0. The molecule has 0 unspecified atom stereocenters. The summed E-state index contributed by atoms with van der Waals surface area (Å²) in [7, 11) is 0. The maximum absolute atomic E-state index is 12.2. The van der Waals surface area contributed by atoms with Gasteiger partial charge in [-0.3, -0.25) is 9.69 Å². The predicted octanol–water partition coefficient (Wildman–Crippen LogP) is 1.09. The minimum atomic E-state index is 0.300. The lowest BCUT2D eigenvalue weighted by molar-refractivity contribution is -0.132. The Kier molecular flexibility index (Phi) is 5.45. The standard InChI is InChI=1S/C14H26N2O2/c17-12-13-5-9-15(10-6-13)11-14(18)16-7-3-1-2-4-8-16/h13,17H,1-12H2. The van der Waals surface area contributed by atoms with Gasteiger partial charge in [-0.25, -0.2) is 0 Å². The maximum atomic E-state index is 12.2. The molecular weight excluding hydrogens is 228 g/mol. The number of nitrogens with zero attached hydrogens (tertiary/aromatic N) is 2. The Morgan fingerprint density at radius 1 is 1.00 bits per heavy atom. The number of carbonyl (C=O) groups is 1. The van der Waals surface area contributed by atoms with E-state index >= 15 is 0 Å². The lowest BCUT2D eigenvalue weighted by atomic mass is 9.98. The Labute approximate surface area is 110 Å². The fourth-order valence-corrected chi connectivity index (χ4v) is 2.94. The monoisotopic (exact) mass is 254 g/mol. The van der Waals surface area contributed by atoms with Gasteiger partial charge in [0.05, 0.1) is 6.54 Å². The van der Waals surface area contributed by atoms with Crippen molar-refractivity contribution in [3.63, 3.8) is 0 Å². The second-order valence-corrected chi connectivity index (χ2v) is 5.70. The Hall–Kier alpha value is -0.610. The number of likely N-dealkylation sites (tertiary alicyclic amines) is 2. The summed E-state index contributed by atoms with van der Waals surface area (Å²) in [6.07, 6.45) is 6.93. The van der Waals surface area contributed by atoms with Gasteiger partial charge in [0.25, 0.3) is 0 Å². The number of piperidine rings is 1. The predicted molar refractivity (Wildman–Crippen MR) is 71.3 cm³/mol. The van der Waals surface area contributed by atoms with Crippen LogP contribution in [0.2, 0.25) is 0 Å². The molecule has 4 heteroatoms. The summed E-state index contributed by atoms with van der Waals surface area (Å²) in [6.45, 7) is 4.71. The summed E-state index contributed by atoms with van der Waals surface area (Å²) in [4.78, 5) is 16.5. The van der Waals surface area contributed by atoms with Gasteiger partial charge < -0.3 is 10.0 Å². The molecule has 104 valence electrons. The van der Waals surface area contributed by atoms with Crippen LogP contribution in [0.1, 0.15) is 38.5 Å². The Morgan fingerprint density at radius 2 is 1.61 bits per heavy atom. The minimum absolute atomic E-state index is 0.300. The summed E-state index contributed by atoms with van der Waals surface area (Å²) in [5.74, 6) is 0.758. The lowest BCUT2D eigenvalue weighted by Gasteiger charge is -2.32. The smallest absolute Gasteiger partial charge is 0.236 e. The number of hydrogen-bond donors (Lipinski definition) is 1.